The maximum Gasteiger partial charge on any atom is 0.418 e. The predicted octanol–water partition coefficient (Wildman–Crippen LogP) is 5.29. The molecule has 2 rings (SSSR count). The highest BCUT2D eigenvalue weighted by Gasteiger charge is 2.34. The minimum atomic E-state index is -4.73. The van der Waals surface area contributed by atoms with Gasteiger partial charge in [-0.05, 0) is 35.9 Å². The molecule has 0 aromatic heterocycles. The van der Waals surface area contributed by atoms with Crippen LogP contribution in [0.5, 0.6) is 0 Å². The summed E-state index contributed by atoms with van der Waals surface area (Å²) in [6, 6.07) is 6.86. The molecule has 3 amide bonds. The molecule has 0 aliphatic heterocycles. The van der Waals surface area contributed by atoms with E-state index >= 15 is 0 Å². The van der Waals surface area contributed by atoms with E-state index in [1.54, 1.807) is 12.1 Å². The van der Waals surface area contributed by atoms with Gasteiger partial charge in [-0.2, -0.15) is 13.2 Å². The zero-order valence-corrected chi connectivity index (χ0v) is 15.4. The van der Waals surface area contributed by atoms with E-state index in [-0.39, 0.29) is 12.2 Å². The van der Waals surface area contributed by atoms with E-state index in [0.29, 0.717) is 15.6 Å². The normalized spacial score (nSPS) is 11.0. The molecule has 0 bridgehead atoms. The van der Waals surface area contributed by atoms with Crippen molar-refractivity contribution in [1.82, 2.24) is 5.32 Å². The fraction of sp³-hybridized carbons (Fsp3) is 0.176. The summed E-state index contributed by atoms with van der Waals surface area (Å²) in [5.74, 6) is -0.513. The molecule has 0 spiro atoms. The first-order valence-corrected chi connectivity index (χ1v) is 8.29. The smallest absolute Gasteiger partial charge is 0.334 e. The maximum absolute atomic E-state index is 13.2. The number of nitrogens with one attached hydrogen (secondary N) is 3. The van der Waals surface area contributed by atoms with Gasteiger partial charge in [0.1, 0.15) is 0 Å². The maximum atomic E-state index is 13.2. The summed E-state index contributed by atoms with van der Waals surface area (Å²) in [6.07, 6.45) is -4.73. The van der Waals surface area contributed by atoms with E-state index in [0.717, 1.165) is 12.1 Å². The molecule has 0 saturated heterocycles. The lowest BCUT2D eigenvalue weighted by molar-refractivity contribution is -0.137. The van der Waals surface area contributed by atoms with Crippen molar-refractivity contribution in [3.8, 4) is 0 Å². The van der Waals surface area contributed by atoms with Gasteiger partial charge in [-0.3, -0.25) is 4.79 Å². The number of urea groups is 1. The second-order valence-corrected chi connectivity index (χ2v) is 6.33. The molecule has 10 heteroatoms. The van der Waals surface area contributed by atoms with Gasteiger partial charge >= 0.3 is 12.2 Å². The molecule has 0 atom stereocenters. The molecule has 0 aliphatic rings. The quantitative estimate of drug-likeness (QED) is 0.629. The highest BCUT2D eigenvalue weighted by molar-refractivity contribution is 6.35. The number of carbonyl (C=O) groups is 2. The van der Waals surface area contributed by atoms with Gasteiger partial charge in [0.15, 0.2) is 0 Å². The second-order valence-electron chi connectivity index (χ2n) is 5.48. The molecule has 2 aromatic rings. The van der Waals surface area contributed by atoms with Crippen LogP contribution in [0, 0.1) is 0 Å². The van der Waals surface area contributed by atoms with Crippen molar-refractivity contribution >= 4 is 46.5 Å². The minimum Gasteiger partial charge on any atom is -0.334 e. The third-order valence-corrected chi connectivity index (χ3v) is 3.93. The monoisotopic (exact) mass is 419 g/mol. The Morgan fingerprint density at radius 1 is 1.04 bits per heavy atom. The summed E-state index contributed by atoms with van der Waals surface area (Å²) in [5, 5.41) is 7.56. The van der Waals surface area contributed by atoms with Gasteiger partial charge in [0.25, 0.3) is 0 Å². The number of hydrogen-bond acceptors (Lipinski definition) is 2. The van der Waals surface area contributed by atoms with Gasteiger partial charge in [0, 0.05) is 29.2 Å². The van der Waals surface area contributed by atoms with Gasteiger partial charge in [-0.15, -0.1) is 0 Å². The van der Waals surface area contributed by atoms with Crippen molar-refractivity contribution < 1.29 is 22.8 Å². The number of rotatable bonds is 4. The average molecular weight is 420 g/mol. The molecule has 0 unspecified atom stereocenters. The minimum absolute atomic E-state index is 0.00678. The zero-order valence-electron chi connectivity index (χ0n) is 13.9. The van der Waals surface area contributed by atoms with Crippen molar-refractivity contribution in [1.29, 1.82) is 0 Å². The van der Waals surface area contributed by atoms with E-state index < -0.39 is 29.4 Å². The highest BCUT2D eigenvalue weighted by Crippen LogP contribution is 2.36. The summed E-state index contributed by atoms with van der Waals surface area (Å²) in [7, 11) is 0. The largest absolute Gasteiger partial charge is 0.418 e. The van der Waals surface area contributed by atoms with Crippen LogP contribution in [0.15, 0.2) is 36.4 Å². The van der Waals surface area contributed by atoms with Crippen molar-refractivity contribution in [3.05, 3.63) is 57.6 Å². The standard InChI is InChI=1S/C17H14Cl2F3N3O2/c1-9(26)24-12-4-5-15(13(7-12)17(20,21)22)25-16(27)23-8-10-2-3-11(18)6-14(10)19/h2-7H,8H2,1H3,(H,24,26)(H2,23,25,27). The Bertz CT molecular complexity index is 873. The Labute approximate surface area is 162 Å². The van der Waals surface area contributed by atoms with Crippen LogP contribution in [0.4, 0.5) is 29.3 Å². The van der Waals surface area contributed by atoms with E-state index in [9.17, 15) is 22.8 Å². The van der Waals surface area contributed by atoms with Crippen molar-refractivity contribution in [2.75, 3.05) is 10.6 Å². The number of amides is 3. The number of anilines is 2. The van der Waals surface area contributed by atoms with Crippen LogP contribution in [-0.2, 0) is 17.5 Å². The number of halogens is 5. The first kappa shape index (κ1) is 20.9. The third-order valence-electron chi connectivity index (χ3n) is 3.35. The van der Waals surface area contributed by atoms with Gasteiger partial charge < -0.3 is 16.0 Å². The fourth-order valence-corrected chi connectivity index (χ4v) is 2.65. The molecular formula is C17H14Cl2F3N3O2. The molecule has 5 nitrogen and oxygen atoms in total. The van der Waals surface area contributed by atoms with Crippen LogP contribution in [0.1, 0.15) is 18.1 Å². The number of benzene rings is 2. The molecule has 0 saturated carbocycles. The highest BCUT2D eigenvalue weighted by atomic mass is 35.5. The summed E-state index contributed by atoms with van der Waals surface area (Å²) in [4.78, 5) is 23.0. The molecule has 0 aliphatic carbocycles. The van der Waals surface area contributed by atoms with Crippen LogP contribution >= 0.6 is 23.2 Å². The first-order valence-electron chi connectivity index (χ1n) is 7.54. The third kappa shape index (κ3) is 6.04. The van der Waals surface area contributed by atoms with Gasteiger partial charge in [-0.1, -0.05) is 29.3 Å². The number of carbonyl (C=O) groups excluding carboxylic acids is 2. The Morgan fingerprint density at radius 2 is 1.74 bits per heavy atom. The Kier molecular flexibility index (Phi) is 6.56. The van der Waals surface area contributed by atoms with E-state index in [1.165, 1.54) is 19.1 Å². The number of alkyl halides is 3. The molecule has 144 valence electrons. The lowest BCUT2D eigenvalue weighted by Gasteiger charge is -2.16. The Balaban J connectivity index is 2.13. The van der Waals surface area contributed by atoms with Gasteiger partial charge in [-0.25, -0.2) is 4.79 Å². The summed E-state index contributed by atoms with van der Waals surface area (Å²) in [6.45, 7) is 1.17. The van der Waals surface area contributed by atoms with Crippen LogP contribution in [0.3, 0.4) is 0 Å². The predicted molar refractivity (Wildman–Crippen MR) is 98.1 cm³/mol. The van der Waals surface area contributed by atoms with Crippen molar-refractivity contribution in [2.45, 2.75) is 19.6 Å². The first-order chi connectivity index (χ1) is 12.6. The molecule has 27 heavy (non-hydrogen) atoms. The fourth-order valence-electron chi connectivity index (χ4n) is 2.18. The van der Waals surface area contributed by atoms with Crippen molar-refractivity contribution in [2.24, 2.45) is 0 Å². The molecule has 0 heterocycles. The summed E-state index contributed by atoms with van der Waals surface area (Å²) >= 11 is 11.8. The molecule has 0 fully saturated rings. The average Bonchev–Trinajstić information content (AvgIpc) is 2.54. The van der Waals surface area contributed by atoms with Crippen LogP contribution < -0.4 is 16.0 Å². The van der Waals surface area contributed by atoms with E-state index in [1.807, 2.05) is 0 Å². The zero-order chi connectivity index (χ0) is 20.2. The lowest BCUT2D eigenvalue weighted by atomic mass is 10.1. The lowest BCUT2D eigenvalue weighted by Crippen LogP contribution is -2.29. The number of hydrogen-bond donors (Lipinski definition) is 3. The summed E-state index contributed by atoms with van der Waals surface area (Å²) in [5.41, 5.74) is -1.02. The Morgan fingerprint density at radius 3 is 2.33 bits per heavy atom. The van der Waals surface area contributed by atoms with Crippen LogP contribution in [-0.4, -0.2) is 11.9 Å². The Hall–Kier alpha value is -2.45. The second kappa shape index (κ2) is 8.49. The van der Waals surface area contributed by atoms with E-state index in [2.05, 4.69) is 16.0 Å². The van der Waals surface area contributed by atoms with Crippen LogP contribution in [0.2, 0.25) is 10.0 Å². The molecule has 0 radical (unpaired) electrons. The molecule has 3 N–H and O–H groups in total. The topological polar surface area (TPSA) is 70.2 Å². The van der Waals surface area contributed by atoms with Crippen molar-refractivity contribution in [3.63, 3.8) is 0 Å². The SMILES string of the molecule is CC(=O)Nc1ccc(NC(=O)NCc2ccc(Cl)cc2Cl)c(C(F)(F)F)c1. The van der Waals surface area contributed by atoms with Gasteiger partial charge in [0.05, 0.1) is 11.3 Å². The molecular weight excluding hydrogens is 406 g/mol. The van der Waals surface area contributed by atoms with Gasteiger partial charge in [0.2, 0.25) is 5.91 Å². The summed E-state index contributed by atoms with van der Waals surface area (Å²) < 4.78 is 39.7. The van der Waals surface area contributed by atoms with Crippen LogP contribution in [0.25, 0.3) is 0 Å². The van der Waals surface area contributed by atoms with E-state index in [4.69, 9.17) is 23.2 Å². The molecule has 2 aromatic carbocycles.